The van der Waals surface area contributed by atoms with E-state index < -0.39 is 5.97 Å². The summed E-state index contributed by atoms with van der Waals surface area (Å²) in [4.78, 5) is 24.5. The van der Waals surface area contributed by atoms with E-state index in [1.165, 1.54) is 29.6 Å². The molecule has 130 valence electrons. The van der Waals surface area contributed by atoms with Crippen LogP contribution >= 0.6 is 35.0 Å². The van der Waals surface area contributed by atoms with Crippen LogP contribution in [0, 0.1) is 0 Å². The number of fused-ring (bicyclic) bond motifs is 1. The van der Waals surface area contributed by atoms with E-state index in [-0.39, 0.29) is 15.8 Å². The smallest absolute Gasteiger partial charge is 0.308 e. The molecule has 1 heterocycles. The number of nitrogens with zero attached hydrogens (tertiary/aromatic N) is 1. The van der Waals surface area contributed by atoms with Gasteiger partial charge in [-0.05, 0) is 29.7 Å². The second kappa shape index (κ2) is 8.94. The van der Waals surface area contributed by atoms with Crippen molar-refractivity contribution in [1.82, 2.24) is 0 Å². The first-order valence-electron chi connectivity index (χ1n) is 7.20. The van der Waals surface area contributed by atoms with Crippen molar-refractivity contribution >= 4 is 52.9 Å². The SMILES string of the molecule is CC(=O)Oc1c(Cl)cc(C=O)cc1Cl.CN1C=CSc2ccccc21. The minimum Gasteiger partial charge on any atom is -0.424 e. The number of hydrogen-bond donors (Lipinski definition) is 0. The maximum Gasteiger partial charge on any atom is 0.308 e. The summed E-state index contributed by atoms with van der Waals surface area (Å²) in [6.07, 6.45) is 2.68. The second-order valence-electron chi connectivity index (χ2n) is 5.01. The standard InChI is InChI=1S/C9H6Cl2O3.C9H9NS/c1-5(13)14-9-7(10)2-6(4-12)3-8(9)11;1-10-6-7-11-9-5-3-2-4-8(9)10/h2-4H,1H3;2-7H,1H3. The minimum atomic E-state index is -0.521. The molecule has 0 aromatic heterocycles. The molecule has 0 N–H and O–H groups in total. The van der Waals surface area contributed by atoms with Crippen molar-refractivity contribution in [2.75, 3.05) is 11.9 Å². The highest BCUT2D eigenvalue weighted by molar-refractivity contribution is 8.02. The molecule has 3 rings (SSSR count). The van der Waals surface area contributed by atoms with E-state index in [0.29, 0.717) is 11.8 Å². The Kier molecular flexibility index (Phi) is 6.93. The molecule has 0 spiro atoms. The van der Waals surface area contributed by atoms with Crippen LogP contribution in [0.1, 0.15) is 17.3 Å². The predicted octanol–water partition coefficient (Wildman–Crippen LogP) is 5.43. The second-order valence-corrected chi connectivity index (χ2v) is 6.77. The first-order valence-corrected chi connectivity index (χ1v) is 8.83. The first kappa shape index (κ1) is 19.4. The van der Waals surface area contributed by atoms with Gasteiger partial charge in [0.05, 0.1) is 15.7 Å². The molecule has 0 atom stereocenters. The third kappa shape index (κ3) is 5.26. The van der Waals surface area contributed by atoms with Gasteiger partial charge in [-0.15, -0.1) is 0 Å². The van der Waals surface area contributed by atoms with Crippen molar-refractivity contribution in [3.63, 3.8) is 0 Å². The van der Waals surface area contributed by atoms with Gasteiger partial charge in [0.2, 0.25) is 0 Å². The van der Waals surface area contributed by atoms with E-state index in [2.05, 4.69) is 47.8 Å². The average Bonchev–Trinajstić information content (AvgIpc) is 2.59. The molecule has 0 saturated carbocycles. The monoisotopic (exact) mass is 395 g/mol. The van der Waals surface area contributed by atoms with Crippen molar-refractivity contribution < 1.29 is 14.3 Å². The minimum absolute atomic E-state index is 0.0754. The normalized spacial score (nSPS) is 11.9. The fraction of sp³-hybridized carbons (Fsp3) is 0.111. The summed E-state index contributed by atoms with van der Waals surface area (Å²) < 4.78 is 4.76. The lowest BCUT2D eigenvalue weighted by Gasteiger charge is -2.20. The van der Waals surface area contributed by atoms with Crippen LogP contribution in [0.4, 0.5) is 5.69 Å². The molecule has 0 unspecified atom stereocenters. The van der Waals surface area contributed by atoms with Crippen LogP contribution in [0.25, 0.3) is 0 Å². The Labute approximate surface area is 160 Å². The zero-order chi connectivity index (χ0) is 18.4. The van der Waals surface area contributed by atoms with Gasteiger partial charge in [-0.3, -0.25) is 9.59 Å². The lowest BCUT2D eigenvalue weighted by Crippen LogP contribution is -2.10. The molecule has 25 heavy (non-hydrogen) atoms. The van der Waals surface area contributed by atoms with E-state index in [1.807, 2.05) is 0 Å². The molecule has 0 fully saturated rings. The van der Waals surface area contributed by atoms with Crippen LogP contribution in [-0.4, -0.2) is 19.3 Å². The van der Waals surface area contributed by atoms with Crippen LogP contribution in [0.3, 0.4) is 0 Å². The van der Waals surface area contributed by atoms with Gasteiger partial charge in [0.1, 0.15) is 6.29 Å². The molecule has 4 nitrogen and oxygen atoms in total. The van der Waals surface area contributed by atoms with E-state index >= 15 is 0 Å². The zero-order valence-corrected chi connectivity index (χ0v) is 15.9. The maximum absolute atomic E-state index is 10.7. The molecule has 2 aromatic carbocycles. The molecule has 0 radical (unpaired) electrons. The number of ether oxygens (including phenoxy) is 1. The van der Waals surface area contributed by atoms with E-state index in [4.69, 9.17) is 27.9 Å². The number of esters is 1. The van der Waals surface area contributed by atoms with Crippen LogP contribution in [0.5, 0.6) is 5.75 Å². The topological polar surface area (TPSA) is 46.6 Å². The lowest BCUT2D eigenvalue weighted by molar-refractivity contribution is -0.131. The zero-order valence-electron chi connectivity index (χ0n) is 13.5. The van der Waals surface area contributed by atoms with Crippen LogP contribution in [0.15, 0.2) is 52.9 Å². The van der Waals surface area contributed by atoms with E-state index in [9.17, 15) is 9.59 Å². The molecule has 1 aliphatic rings. The molecule has 7 heteroatoms. The number of anilines is 1. The van der Waals surface area contributed by atoms with Gasteiger partial charge in [0.25, 0.3) is 0 Å². The first-order chi connectivity index (χ1) is 11.9. The Bertz CT molecular complexity index is 801. The third-order valence-electron chi connectivity index (χ3n) is 3.13. The number of para-hydroxylation sites is 1. The number of benzene rings is 2. The number of carbonyl (C=O) groups is 2. The van der Waals surface area contributed by atoms with Crippen molar-refractivity contribution in [2.45, 2.75) is 11.8 Å². The van der Waals surface area contributed by atoms with Gasteiger partial charge >= 0.3 is 5.97 Å². The van der Waals surface area contributed by atoms with E-state index in [0.717, 1.165) is 0 Å². The number of hydrogen-bond acceptors (Lipinski definition) is 5. The molecule has 2 aromatic rings. The fourth-order valence-corrected chi connectivity index (χ4v) is 3.47. The average molecular weight is 396 g/mol. The van der Waals surface area contributed by atoms with Crippen LogP contribution in [0.2, 0.25) is 10.0 Å². The number of aldehydes is 1. The maximum atomic E-state index is 10.7. The van der Waals surface area contributed by atoms with Gasteiger partial charge in [-0.25, -0.2) is 0 Å². The van der Waals surface area contributed by atoms with Crippen molar-refractivity contribution in [2.24, 2.45) is 0 Å². The molecule has 1 aliphatic heterocycles. The number of carbonyl (C=O) groups excluding carboxylic acids is 2. The van der Waals surface area contributed by atoms with Crippen molar-refractivity contribution in [1.29, 1.82) is 0 Å². The highest BCUT2D eigenvalue weighted by Crippen LogP contribution is 2.34. The Hall–Kier alpha value is -1.95. The van der Waals surface area contributed by atoms with Gasteiger partial charge in [0, 0.05) is 30.6 Å². The molecule has 0 amide bonds. The molecular formula is C18H15Cl2NO3S. The molecular weight excluding hydrogens is 381 g/mol. The van der Waals surface area contributed by atoms with Gasteiger partial charge in [0.15, 0.2) is 5.75 Å². The summed E-state index contributed by atoms with van der Waals surface area (Å²) in [7, 11) is 2.06. The predicted molar refractivity (Wildman–Crippen MR) is 103 cm³/mol. The van der Waals surface area contributed by atoms with Crippen LogP contribution < -0.4 is 9.64 Å². The Morgan fingerprint density at radius 1 is 1.20 bits per heavy atom. The summed E-state index contributed by atoms with van der Waals surface area (Å²) in [5, 5.41) is 2.37. The molecule has 0 bridgehead atoms. The van der Waals surface area contributed by atoms with Gasteiger partial charge < -0.3 is 9.64 Å². The number of halogens is 2. The summed E-state index contributed by atoms with van der Waals surface area (Å²) in [5.74, 6) is -0.445. The van der Waals surface area contributed by atoms with Gasteiger partial charge in [-0.1, -0.05) is 47.1 Å². The van der Waals surface area contributed by atoms with E-state index in [1.54, 1.807) is 11.8 Å². The highest BCUT2D eigenvalue weighted by atomic mass is 35.5. The van der Waals surface area contributed by atoms with Crippen molar-refractivity contribution in [3.05, 3.63) is 63.6 Å². The molecule has 0 saturated heterocycles. The van der Waals surface area contributed by atoms with Crippen molar-refractivity contribution in [3.8, 4) is 5.75 Å². The van der Waals surface area contributed by atoms with Gasteiger partial charge in [-0.2, -0.15) is 0 Å². The summed E-state index contributed by atoms with van der Waals surface area (Å²) in [6.45, 7) is 1.24. The quantitative estimate of drug-likeness (QED) is 0.385. The molecule has 0 aliphatic carbocycles. The summed E-state index contributed by atoms with van der Waals surface area (Å²) in [5.41, 5.74) is 1.62. The fourth-order valence-electron chi connectivity index (χ4n) is 2.01. The Balaban J connectivity index is 0.000000185. The highest BCUT2D eigenvalue weighted by Gasteiger charge is 2.11. The lowest BCUT2D eigenvalue weighted by atomic mass is 10.2. The summed E-state index contributed by atoms with van der Waals surface area (Å²) >= 11 is 13.2. The Morgan fingerprint density at radius 2 is 1.84 bits per heavy atom. The largest absolute Gasteiger partial charge is 0.424 e. The summed E-state index contributed by atoms with van der Waals surface area (Å²) in [6, 6.07) is 11.1. The van der Waals surface area contributed by atoms with Crippen LogP contribution in [-0.2, 0) is 4.79 Å². The number of thioether (sulfide) groups is 1. The number of rotatable bonds is 2. The third-order valence-corrected chi connectivity index (χ3v) is 4.55. The Morgan fingerprint density at radius 3 is 2.40 bits per heavy atom.